The smallest absolute Gasteiger partial charge is 0.325 e. The predicted molar refractivity (Wildman–Crippen MR) is 74.5 cm³/mol. The fourth-order valence-corrected chi connectivity index (χ4v) is 2.32. The second kappa shape index (κ2) is 5.42. The monoisotopic (exact) mass is 264 g/mol. The SMILES string of the molecule is CCCn1c(=O)c2c(ncn2CC)n(CCC)c1=O. The van der Waals surface area contributed by atoms with Crippen LogP contribution >= 0.6 is 0 Å². The van der Waals surface area contributed by atoms with Crippen molar-refractivity contribution in [1.82, 2.24) is 18.7 Å². The van der Waals surface area contributed by atoms with E-state index in [2.05, 4.69) is 4.98 Å². The molecule has 2 heterocycles. The summed E-state index contributed by atoms with van der Waals surface area (Å²) in [6.45, 7) is 7.62. The minimum Gasteiger partial charge on any atom is -0.325 e. The molecule has 0 saturated carbocycles. The van der Waals surface area contributed by atoms with Crippen LogP contribution in [0.1, 0.15) is 33.6 Å². The molecule has 0 bridgehead atoms. The van der Waals surface area contributed by atoms with E-state index in [4.69, 9.17) is 0 Å². The summed E-state index contributed by atoms with van der Waals surface area (Å²) in [4.78, 5) is 29.0. The van der Waals surface area contributed by atoms with Gasteiger partial charge in [0.25, 0.3) is 5.56 Å². The van der Waals surface area contributed by atoms with Crippen LogP contribution in [-0.2, 0) is 19.6 Å². The predicted octanol–water partition coefficient (Wildman–Crippen LogP) is 1.20. The normalized spacial score (nSPS) is 11.3. The average Bonchev–Trinajstić information content (AvgIpc) is 2.83. The highest BCUT2D eigenvalue weighted by atomic mass is 16.2. The summed E-state index contributed by atoms with van der Waals surface area (Å²) in [5.74, 6) is 0. The minimum atomic E-state index is -0.248. The van der Waals surface area contributed by atoms with Gasteiger partial charge in [0.15, 0.2) is 11.2 Å². The largest absolute Gasteiger partial charge is 0.332 e. The first-order valence-corrected chi connectivity index (χ1v) is 6.84. The molecule has 0 atom stereocenters. The van der Waals surface area contributed by atoms with Crippen molar-refractivity contribution >= 4 is 11.2 Å². The van der Waals surface area contributed by atoms with Crippen LogP contribution in [0, 0.1) is 0 Å². The number of aryl methyl sites for hydroxylation is 2. The number of rotatable bonds is 5. The highest BCUT2D eigenvalue weighted by molar-refractivity contribution is 5.70. The van der Waals surface area contributed by atoms with Gasteiger partial charge in [0.05, 0.1) is 6.33 Å². The molecule has 104 valence electrons. The molecule has 0 N–H and O–H groups in total. The molecule has 19 heavy (non-hydrogen) atoms. The second-order valence-corrected chi connectivity index (χ2v) is 4.59. The zero-order valence-corrected chi connectivity index (χ0v) is 11.7. The second-order valence-electron chi connectivity index (χ2n) is 4.59. The van der Waals surface area contributed by atoms with E-state index in [1.165, 1.54) is 4.57 Å². The summed E-state index contributed by atoms with van der Waals surface area (Å²) < 4.78 is 4.74. The maximum Gasteiger partial charge on any atom is 0.332 e. The Balaban J connectivity index is 2.88. The molecular formula is C13H20N4O2. The average molecular weight is 264 g/mol. The number of aromatic nitrogens is 4. The lowest BCUT2D eigenvalue weighted by Gasteiger charge is -2.10. The van der Waals surface area contributed by atoms with Gasteiger partial charge in [-0.05, 0) is 19.8 Å². The first kappa shape index (κ1) is 13.6. The zero-order valence-electron chi connectivity index (χ0n) is 11.7. The van der Waals surface area contributed by atoms with Gasteiger partial charge in [-0.15, -0.1) is 0 Å². The maximum absolute atomic E-state index is 12.4. The zero-order chi connectivity index (χ0) is 14.0. The van der Waals surface area contributed by atoms with Crippen LogP contribution in [0.4, 0.5) is 0 Å². The van der Waals surface area contributed by atoms with Gasteiger partial charge in [0, 0.05) is 19.6 Å². The van der Waals surface area contributed by atoms with E-state index in [1.54, 1.807) is 15.5 Å². The molecule has 0 fully saturated rings. The van der Waals surface area contributed by atoms with Crippen LogP contribution < -0.4 is 11.2 Å². The van der Waals surface area contributed by atoms with Gasteiger partial charge >= 0.3 is 5.69 Å². The van der Waals surface area contributed by atoms with Gasteiger partial charge in [-0.1, -0.05) is 13.8 Å². The molecule has 0 aliphatic rings. The molecule has 2 aromatic heterocycles. The van der Waals surface area contributed by atoms with Gasteiger partial charge in [-0.25, -0.2) is 9.78 Å². The van der Waals surface area contributed by atoms with Gasteiger partial charge in [0.1, 0.15) is 0 Å². The van der Waals surface area contributed by atoms with E-state index >= 15 is 0 Å². The maximum atomic E-state index is 12.4. The topological polar surface area (TPSA) is 61.8 Å². The molecule has 0 radical (unpaired) electrons. The lowest BCUT2D eigenvalue weighted by atomic mass is 10.4. The Morgan fingerprint density at radius 2 is 1.68 bits per heavy atom. The summed E-state index contributed by atoms with van der Waals surface area (Å²) in [7, 11) is 0. The third kappa shape index (κ3) is 2.11. The summed E-state index contributed by atoms with van der Waals surface area (Å²) in [5.41, 5.74) is 0.561. The van der Waals surface area contributed by atoms with E-state index < -0.39 is 0 Å². The first-order valence-electron chi connectivity index (χ1n) is 6.84. The van der Waals surface area contributed by atoms with Gasteiger partial charge in [-0.3, -0.25) is 13.9 Å². The summed E-state index contributed by atoms with van der Waals surface area (Å²) >= 11 is 0. The quantitative estimate of drug-likeness (QED) is 0.815. The van der Waals surface area contributed by atoms with Crippen LogP contribution in [-0.4, -0.2) is 18.7 Å². The van der Waals surface area contributed by atoms with Gasteiger partial charge < -0.3 is 4.57 Å². The number of imidazole rings is 1. The number of hydrogen-bond acceptors (Lipinski definition) is 3. The van der Waals surface area contributed by atoms with Crippen LogP contribution in [0.2, 0.25) is 0 Å². The molecule has 0 amide bonds. The molecule has 0 saturated heterocycles. The van der Waals surface area contributed by atoms with E-state index in [9.17, 15) is 9.59 Å². The molecule has 0 aliphatic carbocycles. The highest BCUT2D eigenvalue weighted by Crippen LogP contribution is 2.07. The first-order chi connectivity index (χ1) is 9.15. The fourth-order valence-electron chi connectivity index (χ4n) is 2.32. The molecule has 0 aliphatic heterocycles. The van der Waals surface area contributed by atoms with Gasteiger partial charge in [-0.2, -0.15) is 0 Å². The van der Waals surface area contributed by atoms with Crippen LogP contribution in [0.25, 0.3) is 11.2 Å². The molecule has 0 spiro atoms. The van der Waals surface area contributed by atoms with E-state index in [-0.39, 0.29) is 11.2 Å². The lowest BCUT2D eigenvalue weighted by molar-refractivity contribution is 0.553. The number of nitrogens with zero attached hydrogens (tertiary/aromatic N) is 4. The van der Waals surface area contributed by atoms with Crippen molar-refractivity contribution in [3.05, 3.63) is 27.2 Å². The third-order valence-corrected chi connectivity index (χ3v) is 3.22. The Kier molecular flexibility index (Phi) is 3.87. The van der Waals surface area contributed by atoms with Crippen molar-refractivity contribution in [2.45, 2.75) is 53.2 Å². The van der Waals surface area contributed by atoms with Gasteiger partial charge in [0.2, 0.25) is 0 Å². The Morgan fingerprint density at radius 3 is 2.26 bits per heavy atom. The van der Waals surface area contributed by atoms with Crippen molar-refractivity contribution in [1.29, 1.82) is 0 Å². The molecule has 2 aromatic rings. The summed E-state index contributed by atoms with van der Waals surface area (Å²) in [6.07, 6.45) is 3.22. The van der Waals surface area contributed by atoms with E-state index in [0.717, 1.165) is 12.8 Å². The third-order valence-electron chi connectivity index (χ3n) is 3.22. The number of hydrogen-bond donors (Lipinski definition) is 0. The summed E-state index contributed by atoms with van der Waals surface area (Å²) in [5, 5.41) is 0. The van der Waals surface area contributed by atoms with E-state index in [0.29, 0.717) is 30.8 Å². The Morgan fingerprint density at radius 1 is 1.05 bits per heavy atom. The molecule has 2 rings (SSSR count). The molecule has 0 unspecified atom stereocenters. The lowest BCUT2D eigenvalue weighted by Crippen LogP contribution is -2.40. The van der Waals surface area contributed by atoms with Crippen molar-refractivity contribution in [2.75, 3.05) is 0 Å². The molecular weight excluding hydrogens is 244 g/mol. The van der Waals surface area contributed by atoms with Crippen LogP contribution in [0.15, 0.2) is 15.9 Å². The Labute approximate surface area is 111 Å². The Hall–Kier alpha value is -1.85. The van der Waals surface area contributed by atoms with Crippen molar-refractivity contribution < 1.29 is 0 Å². The van der Waals surface area contributed by atoms with Crippen molar-refractivity contribution in [2.24, 2.45) is 0 Å². The van der Waals surface area contributed by atoms with Crippen LogP contribution in [0.3, 0.4) is 0 Å². The molecule has 0 aromatic carbocycles. The molecule has 6 nitrogen and oxygen atoms in total. The Bertz CT molecular complexity index is 693. The van der Waals surface area contributed by atoms with Crippen LogP contribution in [0.5, 0.6) is 0 Å². The van der Waals surface area contributed by atoms with Crippen molar-refractivity contribution in [3.63, 3.8) is 0 Å². The minimum absolute atomic E-state index is 0.228. The summed E-state index contributed by atoms with van der Waals surface area (Å²) in [6, 6.07) is 0. The number of fused-ring (bicyclic) bond motifs is 1. The fraction of sp³-hybridized carbons (Fsp3) is 0.615. The molecule has 6 heteroatoms. The standard InChI is InChI=1S/C13H20N4O2/c1-4-7-16-11-10(15(6-3)9-14-11)12(18)17(8-5-2)13(16)19/h9H,4-8H2,1-3H3. The van der Waals surface area contributed by atoms with E-state index in [1.807, 2.05) is 20.8 Å². The van der Waals surface area contributed by atoms with Crippen molar-refractivity contribution in [3.8, 4) is 0 Å². The highest BCUT2D eigenvalue weighted by Gasteiger charge is 2.16.